The topological polar surface area (TPSA) is 79.3 Å². The number of hydrogen-bond donors (Lipinski definition) is 1. The lowest BCUT2D eigenvalue weighted by atomic mass is 9.94. The summed E-state index contributed by atoms with van der Waals surface area (Å²) < 4.78 is 11.4. The van der Waals surface area contributed by atoms with E-state index in [0.717, 1.165) is 17.7 Å². The highest BCUT2D eigenvalue weighted by Gasteiger charge is 2.46. The number of Topliss-reactive ketones (excluding diaryl/α,β-unsaturated/α-hetero) is 1. The second-order valence-corrected chi connectivity index (χ2v) is 8.92. The monoisotopic (exact) mass is 462 g/mol. The minimum Gasteiger partial charge on any atom is -0.507 e. The summed E-state index contributed by atoms with van der Waals surface area (Å²) in [6.07, 6.45) is 2.43. The van der Waals surface area contributed by atoms with Crippen LogP contribution in [0.25, 0.3) is 5.76 Å². The Morgan fingerprint density at radius 1 is 1.26 bits per heavy atom. The highest BCUT2D eigenvalue weighted by atomic mass is 16.5. The lowest BCUT2D eigenvalue weighted by Gasteiger charge is -2.27. The Hall–Kier alpha value is -3.58. The van der Waals surface area contributed by atoms with Crippen LogP contribution in [0.4, 0.5) is 0 Å². The third kappa shape index (κ3) is 4.56. The molecule has 1 saturated heterocycles. The second-order valence-electron chi connectivity index (χ2n) is 8.92. The number of fused-ring (bicyclic) bond motifs is 1. The summed E-state index contributed by atoms with van der Waals surface area (Å²) in [5, 5.41) is 11.3. The van der Waals surface area contributed by atoms with Gasteiger partial charge in [0, 0.05) is 25.1 Å². The van der Waals surface area contributed by atoms with E-state index in [1.807, 2.05) is 44.1 Å². The van der Waals surface area contributed by atoms with Crippen molar-refractivity contribution in [3.05, 3.63) is 77.4 Å². The lowest BCUT2D eigenvalue weighted by Crippen LogP contribution is -2.35. The molecule has 7 heteroatoms. The number of aliphatic hydroxyl groups is 1. The minimum atomic E-state index is -0.726. The molecule has 1 N–H and O–H groups in total. The molecule has 1 fully saturated rings. The van der Waals surface area contributed by atoms with E-state index in [-0.39, 0.29) is 17.4 Å². The number of amides is 1. The molecule has 2 aromatic rings. The number of ketones is 1. The van der Waals surface area contributed by atoms with Crippen LogP contribution in [-0.2, 0) is 16.0 Å². The van der Waals surface area contributed by atoms with Crippen molar-refractivity contribution in [3.63, 3.8) is 0 Å². The number of likely N-dealkylation sites (tertiary alicyclic amines) is 1. The van der Waals surface area contributed by atoms with Crippen molar-refractivity contribution in [2.45, 2.75) is 25.5 Å². The zero-order valence-electron chi connectivity index (χ0n) is 19.8. The van der Waals surface area contributed by atoms with Crippen LogP contribution in [0.15, 0.2) is 60.7 Å². The Kier molecular flexibility index (Phi) is 6.75. The molecule has 2 aliphatic heterocycles. The van der Waals surface area contributed by atoms with Gasteiger partial charge in [0.1, 0.15) is 30.0 Å². The van der Waals surface area contributed by atoms with Gasteiger partial charge in [-0.2, -0.15) is 0 Å². The predicted molar refractivity (Wildman–Crippen MR) is 130 cm³/mol. The molecule has 0 radical (unpaired) electrons. The quantitative estimate of drug-likeness (QED) is 0.280. The van der Waals surface area contributed by atoms with E-state index in [4.69, 9.17) is 9.47 Å². The van der Waals surface area contributed by atoms with Crippen molar-refractivity contribution >= 4 is 17.4 Å². The average Bonchev–Trinajstić information content (AvgIpc) is 3.31. The van der Waals surface area contributed by atoms with Gasteiger partial charge >= 0.3 is 0 Å². The number of hydrogen-bond acceptors (Lipinski definition) is 6. The van der Waals surface area contributed by atoms with Gasteiger partial charge in [-0.25, -0.2) is 0 Å². The molecule has 7 nitrogen and oxygen atoms in total. The number of likely N-dealkylation sites (N-methyl/N-ethyl adjacent to an activating group) is 1. The Morgan fingerprint density at radius 3 is 2.79 bits per heavy atom. The summed E-state index contributed by atoms with van der Waals surface area (Å²) in [5.41, 5.74) is 2.23. The van der Waals surface area contributed by atoms with Gasteiger partial charge < -0.3 is 24.4 Å². The van der Waals surface area contributed by atoms with Crippen LogP contribution in [0, 0.1) is 0 Å². The molecule has 1 amide bonds. The molecule has 34 heavy (non-hydrogen) atoms. The number of carbonyl (C=O) groups is 2. The van der Waals surface area contributed by atoms with E-state index in [1.54, 1.807) is 30.3 Å². The predicted octanol–water partition coefficient (Wildman–Crippen LogP) is 3.56. The maximum atomic E-state index is 13.2. The summed E-state index contributed by atoms with van der Waals surface area (Å²) in [6.45, 7) is 6.90. The lowest BCUT2D eigenvalue weighted by molar-refractivity contribution is -0.140. The Labute approximate surface area is 199 Å². The van der Waals surface area contributed by atoms with Crippen LogP contribution < -0.4 is 9.47 Å². The number of nitrogens with zero attached hydrogens (tertiary/aromatic N) is 2. The molecule has 0 unspecified atom stereocenters. The highest BCUT2D eigenvalue weighted by molar-refractivity contribution is 6.46. The van der Waals surface area contributed by atoms with E-state index in [0.29, 0.717) is 36.6 Å². The van der Waals surface area contributed by atoms with Gasteiger partial charge in [-0.3, -0.25) is 9.59 Å². The zero-order chi connectivity index (χ0) is 24.4. The molecule has 0 spiro atoms. The van der Waals surface area contributed by atoms with Crippen molar-refractivity contribution in [3.8, 4) is 11.5 Å². The molecular formula is C27H30N2O5. The SMILES string of the molecule is C=CCOc1cccc([C@H]2C(=C(O)c3ccc4c(c3)C[C@H](C)O4)C(=O)C(=O)N2CCN(C)C)c1. The molecule has 0 saturated carbocycles. The van der Waals surface area contributed by atoms with Gasteiger partial charge in [0.15, 0.2) is 0 Å². The molecule has 0 bridgehead atoms. The zero-order valence-corrected chi connectivity index (χ0v) is 19.8. The number of benzene rings is 2. The van der Waals surface area contributed by atoms with Gasteiger partial charge in [0.05, 0.1) is 11.6 Å². The second kappa shape index (κ2) is 9.73. The summed E-state index contributed by atoms with van der Waals surface area (Å²) in [6, 6.07) is 11.9. The number of ether oxygens (including phenoxy) is 2. The van der Waals surface area contributed by atoms with Crippen LogP contribution in [0.2, 0.25) is 0 Å². The van der Waals surface area contributed by atoms with Crippen LogP contribution in [0.5, 0.6) is 11.5 Å². The molecule has 2 aromatic carbocycles. The van der Waals surface area contributed by atoms with E-state index in [9.17, 15) is 14.7 Å². The molecule has 0 aromatic heterocycles. The summed E-state index contributed by atoms with van der Waals surface area (Å²) >= 11 is 0. The summed E-state index contributed by atoms with van der Waals surface area (Å²) in [4.78, 5) is 29.8. The van der Waals surface area contributed by atoms with Gasteiger partial charge in [0.25, 0.3) is 11.7 Å². The number of carbonyl (C=O) groups excluding carboxylic acids is 2. The van der Waals surface area contributed by atoms with E-state index in [2.05, 4.69) is 6.58 Å². The van der Waals surface area contributed by atoms with Crippen LogP contribution in [-0.4, -0.2) is 66.5 Å². The Morgan fingerprint density at radius 2 is 2.06 bits per heavy atom. The summed E-state index contributed by atoms with van der Waals surface area (Å²) in [7, 11) is 3.81. The van der Waals surface area contributed by atoms with Crippen molar-refractivity contribution < 1.29 is 24.2 Å². The average molecular weight is 463 g/mol. The molecular weight excluding hydrogens is 432 g/mol. The Balaban J connectivity index is 1.80. The van der Waals surface area contributed by atoms with Gasteiger partial charge in [-0.1, -0.05) is 24.8 Å². The first-order chi connectivity index (χ1) is 16.3. The minimum absolute atomic E-state index is 0.0577. The van der Waals surface area contributed by atoms with Gasteiger partial charge in [-0.05, 0) is 62.5 Å². The van der Waals surface area contributed by atoms with Gasteiger partial charge in [-0.15, -0.1) is 0 Å². The molecule has 2 heterocycles. The van der Waals surface area contributed by atoms with Crippen LogP contribution in [0.1, 0.15) is 29.7 Å². The van der Waals surface area contributed by atoms with Crippen molar-refractivity contribution in [1.82, 2.24) is 9.80 Å². The molecule has 178 valence electrons. The smallest absolute Gasteiger partial charge is 0.295 e. The maximum absolute atomic E-state index is 13.2. The number of aliphatic hydroxyl groups excluding tert-OH is 1. The standard InChI is InChI=1S/C27H30N2O5/c1-5-13-33-21-8-6-7-18(16-21)24-23(26(31)27(32)29(24)12-11-28(3)4)25(30)19-9-10-22-20(15-19)14-17(2)34-22/h5-10,15-17,24,30H,1,11-14H2,2-4H3/t17-,24-/m0/s1. The van der Waals surface area contributed by atoms with Crippen molar-refractivity contribution in [2.24, 2.45) is 0 Å². The van der Waals surface area contributed by atoms with E-state index in [1.165, 1.54) is 4.90 Å². The number of rotatable bonds is 8. The highest BCUT2D eigenvalue weighted by Crippen LogP contribution is 2.41. The normalized spacial score (nSPS) is 21.0. The fourth-order valence-electron chi connectivity index (χ4n) is 4.42. The first-order valence-electron chi connectivity index (χ1n) is 11.4. The first kappa shape index (κ1) is 23.6. The van der Waals surface area contributed by atoms with Crippen molar-refractivity contribution in [2.75, 3.05) is 33.8 Å². The van der Waals surface area contributed by atoms with Crippen molar-refractivity contribution in [1.29, 1.82) is 0 Å². The molecule has 2 aliphatic rings. The Bertz CT molecular complexity index is 1150. The van der Waals surface area contributed by atoms with Crippen LogP contribution in [0.3, 0.4) is 0 Å². The molecule has 4 rings (SSSR count). The van der Waals surface area contributed by atoms with E-state index >= 15 is 0 Å². The largest absolute Gasteiger partial charge is 0.507 e. The van der Waals surface area contributed by atoms with Crippen LogP contribution >= 0.6 is 0 Å². The fraction of sp³-hybridized carbons (Fsp3) is 0.333. The fourth-order valence-corrected chi connectivity index (χ4v) is 4.42. The van der Waals surface area contributed by atoms with E-state index < -0.39 is 17.7 Å². The first-order valence-corrected chi connectivity index (χ1v) is 11.4. The third-order valence-electron chi connectivity index (χ3n) is 6.04. The maximum Gasteiger partial charge on any atom is 0.295 e. The molecule has 2 atom stereocenters. The third-order valence-corrected chi connectivity index (χ3v) is 6.04. The molecule has 0 aliphatic carbocycles. The summed E-state index contributed by atoms with van der Waals surface area (Å²) in [5.74, 6) is -0.124. The van der Waals surface area contributed by atoms with Gasteiger partial charge in [0.2, 0.25) is 0 Å².